The second kappa shape index (κ2) is 11.4. The molecule has 0 aromatic heterocycles. The van der Waals surface area contributed by atoms with Gasteiger partial charge in [-0.15, -0.1) is 0 Å². The number of hydrogen-bond donors (Lipinski definition) is 2. The normalized spacial score (nSPS) is 16.9. The van der Waals surface area contributed by atoms with Crippen LogP contribution in [0.25, 0.3) is 0 Å². The largest absolute Gasteiger partial charge is 0.497 e. The summed E-state index contributed by atoms with van der Waals surface area (Å²) in [7, 11) is 1.61. The van der Waals surface area contributed by atoms with Crippen LogP contribution in [0, 0.1) is 0 Å². The third kappa shape index (κ3) is 5.63. The van der Waals surface area contributed by atoms with Gasteiger partial charge in [0.25, 0.3) is 11.8 Å². The van der Waals surface area contributed by atoms with Crippen molar-refractivity contribution in [1.82, 2.24) is 4.90 Å². The fourth-order valence-electron chi connectivity index (χ4n) is 4.60. The first-order chi connectivity index (χ1) is 18.4. The molecule has 1 atom stereocenters. The quantitative estimate of drug-likeness (QED) is 0.343. The van der Waals surface area contributed by atoms with Gasteiger partial charge < -0.3 is 20.3 Å². The molecule has 0 aliphatic carbocycles. The van der Waals surface area contributed by atoms with E-state index >= 15 is 0 Å². The van der Waals surface area contributed by atoms with Crippen LogP contribution in [0.15, 0.2) is 93.5 Å². The second-order valence-corrected chi connectivity index (χ2v) is 10.9. The van der Waals surface area contributed by atoms with Gasteiger partial charge in [-0.1, -0.05) is 45.9 Å². The number of rotatable bonds is 6. The van der Waals surface area contributed by atoms with Crippen molar-refractivity contribution in [2.75, 3.05) is 30.0 Å². The molecule has 38 heavy (non-hydrogen) atoms. The van der Waals surface area contributed by atoms with E-state index in [2.05, 4.69) is 31.5 Å². The smallest absolute Gasteiger partial charge is 0.255 e. The minimum Gasteiger partial charge on any atom is -0.497 e. The van der Waals surface area contributed by atoms with Crippen molar-refractivity contribution >= 4 is 56.0 Å². The molecule has 1 fully saturated rings. The van der Waals surface area contributed by atoms with Crippen LogP contribution in [0.1, 0.15) is 35.3 Å². The molecule has 2 aliphatic heterocycles. The van der Waals surface area contributed by atoms with Gasteiger partial charge in [-0.3, -0.25) is 9.59 Å². The molecule has 0 radical (unpaired) electrons. The predicted molar refractivity (Wildman–Crippen MR) is 157 cm³/mol. The molecule has 194 valence electrons. The molecule has 3 aromatic carbocycles. The minimum absolute atomic E-state index is 0.202. The zero-order valence-corrected chi connectivity index (χ0v) is 23.4. The van der Waals surface area contributed by atoms with Gasteiger partial charge in [-0.2, -0.15) is 0 Å². The topological polar surface area (TPSA) is 83.0 Å². The van der Waals surface area contributed by atoms with E-state index in [9.17, 15) is 9.59 Å². The number of halogens is 1. The Kier molecular flexibility index (Phi) is 7.85. The first-order valence-corrected chi connectivity index (χ1v) is 14.0. The molecule has 1 saturated heterocycles. The van der Waals surface area contributed by atoms with E-state index < -0.39 is 0 Å². The first kappa shape index (κ1) is 26.1. The number of carbonyl (C=O) groups is 2. The first-order valence-electron chi connectivity index (χ1n) is 12.2. The lowest BCUT2D eigenvalue weighted by Crippen LogP contribution is -2.43. The summed E-state index contributed by atoms with van der Waals surface area (Å²) >= 11 is 5.13. The fourth-order valence-corrected chi connectivity index (χ4v) is 6.02. The lowest BCUT2D eigenvalue weighted by molar-refractivity contribution is -0.113. The van der Waals surface area contributed by atoms with Crippen LogP contribution in [0.4, 0.5) is 11.4 Å². The lowest BCUT2D eigenvalue weighted by Gasteiger charge is -2.41. The number of amidine groups is 1. The highest BCUT2D eigenvalue weighted by molar-refractivity contribution is 9.10. The van der Waals surface area contributed by atoms with Gasteiger partial charge in [0.05, 0.1) is 24.4 Å². The second-order valence-electron chi connectivity index (χ2n) is 8.96. The number of aliphatic imine (C=N–C) groups is 1. The molecule has 2 N–H and O–H groups in total. The Morgan fingerprint density at radius 1 is 1.00 bits per heavy atom. The van der Waals surface area contributed by atoms with E-state index in [1.165, 1.54) is 0 Å². The van der Waals surface area contributed by atoms with Crippen LogP contribution in [0.5, 0.6) is 5.75 Å². The van der Waals surface area contributed by atoms with E-state index in [0.29, 0.717) is 28.2 Å². The third-order valence-corrected chi connectivity index (χ3v) is 7.97. The number of nitrogens with zero attached hydrogens (tertiary/aromatic N) is 2. The number of carbonyl (C=O) groups excluding carboxylic acids is 2. The monoisotopic (exact) mass is 590 g/mol. The van der Waals surface area contributed by atoms with Crippen molar-refractivity contribution in [1.29, 1.82) is 0 Å². The summed E-state index contributed by atoms with van der Waals surface area (Å²) in [6.45, 7) is 2.67. The Morgan fingerprint density at radius 2 is 1.76 bits per heavy atom. The molecule has 9 heteroatoms. The number of allylic oxidation sites excluding steroid dienone is 1. The summed E-state index contributed by atoms with van der Waals surface area (Å²) in [5.41, 5.74) is 4.07. The average molecular weight is 592 g/mol. The molecule has 2 aliphatic rings. The van der Waals surface area contributed by atoms with Crippen LogP contribution in [0.2, 0.25) is 0 Å². The summed E-state index contributed by atoms with van der Waals surface area (Å²) in [6, 6.07) is 21.9. The van der Waals surface area contributed by atoms with Gasteiger partial charge in [0, 0.05) is 33.7 Å². The highest BCUT2D eigenvalue weighted by atomic mass is 79.9. The molecule has 2 heterocycles. The Morgan fingerprint density at radius 3 is 2.53 bits per heavy atom. The van der Waals surface area contributed by atoms with Gasteiger partial charge in [0.2, 0.25) is 0 Å². The van der Waals surface area contributed by atoms with Gasteiger partial charge >= 0.3 is 0 Å². The number of ether oxygens (including phenoxy) is 1. The Bertz CT molecular complexity index is 1440. The van der Waals surface area contributed by atoms with E-state index in [-0.39, 0.29) is 17.9 Å². The number of fused-ring (bicyclic) bond motifs is 1. The van der Waals surface area contributed by atoms with Crippen LogP contribution >= 0.6 is 27.7 Å². The number of amides is 2. The van der Waals surface area contributed by atoms with E-state index in [0.717, 1.165) is 39.7 Å². The summed E-state index contributed by atoms with van der Waals surface area (Å²) in [4.78, 5) is 33.6. The fraction of sp³-hybridized carbons (Fsp3) is 0.207. The number of anilines is 2. The molecule has 0 spiro atoms. The van der Waals surface area contributed by atoms with Crippen molar-refractivity contribution in [3.63, 3.8) is 0 Å². The highest BCUT2D eigenvalue weighted by Gasteiger charge is 2.37. The van der Waals surface area contributed by atoms with Crippen molar-refractivity contribution < 1.29 is 14.3 Å². The SMILES string of the molecule is COc1ccc(NC(=O)C2=C(C)N=C3SCCCN3[C@@H]2c2cccc(NC(=O)c3cccc(Br)c3)c2)cc1. The van der Waals surface area contributed by atoms with Crippen LogP contribution in [-0.2, 0) is 4.79 Å². The Balaban J connectivity index is 1.47. The summed E-state index contributed by atoms with van der Waals surface area (Å²) < 4.78 is 6.07. The van der Waals surface area contributed by atoms with E-state index in [4.69, 9.17) is 9.73 Å². The maximum Gasteiger partial charge on any atom is 0.255 e. The Hall–Kier alpha value is -3.56. The van der Waals surface area contributed by atoms with Crippen molar-refractivity contribution in [3.8, 4) is 5.75 Å². The van der Waals surface area contributed by atoms with Crippen molar-refractivity contribution in [2.45, 2.75) is 19.4 Å². The molecule has 0 saturated carbocycles. The number of hydrogen-bond acceptors (Lipinski definition) is 6. The van der Waals surface area contributed by atoms with Crippen LogP contribution < -0.4 is 15.4 Å². The maximum absolute atomic E-state index is 13.7. The average Bonchev–Trinajstić information content (AvgIpc) is 2.92. The molecule has 5 rings (SSSR count). The number of methoxy groups -OCH3 is 1. The summed E-state index contributed by atoms with van der Waals surface area (Å²) in [5, 5.41) is 6.95. The number of nitrogens with one attached hydrogen (secondary N) is 2. The van der Waals surface area contributed by atoms with Crippen molar-refractivity contribution in [2.24, 2.45) is 4.99 Å². The van der Waals surface area contributed by atoms with Gasteiger partial charge in [0.1, 0.15) is 5.75 Å². The predicted octanol–water partition coefficient (Wildman–Crippen LogP) is 6.47. The number of benzene rings is 3. The van der Waals surface area contributed by atoms with E-state index in [1.807, 2.05) is 67.6 Å². The third-order valence-electron chi connectivity index (χ3n) is 6.40. The standard InChI is InChI=1S/C29H27BrN4O3S/c1-18-25(28(36)32-22-10-12-24(37-2)13-11-22)26(34-14-5-15-38-29(34)31-18)19-6-4-9-23(17-19)33-27(35)20-7-3-8-21(30)16-20/h3-4,6-13,16-17,26H,5,14-15H2,1-2H3,(H,32,36)(H,33,35)/t26-/m1/s1. The van der Waals surface area contributed by atoms with E-state index in [1.54, 1.807) is 31.0 Å². The minimum atomic E-state index is -0.337. The van der Waals surface area contributed by atoms with Crippen LogP contribution in [-0.4, -0.2) is 41.3 Å². The maximum atomic E-state index is 13.7. The molecule has 7 nitrogen and oxygen atoms in total. The lowest BCUT2D eigenvalue weighted by atomic mass is 9.93. The molecular weight excluding hydrogens is 564 g/mol. The molecule has 3 aromatic rings. The number of thioether (sulfide) groups is 1. The van der Waals surface area contributed by atoms with Crippen molar-refractivity contribution in [3.05, 3.63) is 99.7 Å². The summed E-state index contributed by atoms with van der Waals surface area (Å²) in [6.07, 6.45) is 0.992. The van der Waals surface area contributed by atoms with Gasteiger partial charge in [-0.05, 0) is 73.5 Å². The molecular formula is C29H27BrN4O3S. The van der Waals surface area contributed by atoms with Gasteiger partial charge in [0.15, 0.2) is 5.17 Å². The molecule has 2 amide bonds. The summed E-state index contributed by atoms with van der Waals surface area (Å²) in [5.74, 6) is 1.30. The molecule has 0 unspecified atom stereocenters. The molecule has 0 bridgehead atoms. The van der Waals surface area contributed by atoms with Gasteiger partial charge in [-0.25, -0.2) is 4.99 Å². The Labute approximate surface area is 234 Å². The zero-order valence-electron chi connectivity index (χ0n) is 21.0. The highest BCUT2D eigenvalue weighted by Crippen LogP contribution is 2.40. The van der Waals surface area contributed by atoms with Crippen LogP contribution in [0.3, 0.4) is 0 Å². The zero-order chi connectivity index (χ0) is 26.6.